The number of hydrogen-bond donors (Lipinski definition) is 1. The molecule has 0 bridgehead atoms. The molecule has 0 unspecified atom stereocenters. The predicted molar refractivity (Wildman–Crippen MR) is 127 cm³/mol. The molecule has 2 heterocycles. The number of halogens is 1. The van der Waals surface area contributed by atoms with E-state index in [9.17, 15) is 9.18 Å². The highest BCUT2D eigenvalue weighted by Gasteiger charge is 2.18. The Morgan fingerprint density at radius 3 is 2.34 bits per heavy atom. The molecule has 0 spiro atoms. The minimum atomic E-state index is -0.541. The number of hydrogen-bond acceptors (Lipinski definition) is 5. The van der Waals surface area contributed by atoms with Crippen LogP contribution in [0.15, 0.2) is 66.9 Å². The van der Waals surface area contributed by atoms with Crippen LogP contribution in [0, 0.1) is 5.82 Å². The lowest BCUT2D eigenvalue weighted by molar-refractivity contribution is 0.102. The number of aromatic nitrogens is 1. The molecule has 4 rings (SSSR count). The smallest absolute Gasteiger partial charge is 0.258 e. The van der Waals surface area contributed by atoms with Gasteiger partial charge in [0.15, 0.2) is 0 Å². The maximum atomic E-state index is 13.8. The first kappa shape index (κ1) is 21.8. The van der Waals surface area contributed by atoms with Gasteiger partial charge >= 0.3 is 0 Å². The predicted octanol–water partition coefficient (Wildman–Crippen LogP) is 3.86. The van der Waals surface area contributed by atoms with Crippen molar-refractivity contribution in [1.82, 2.24) is 9.88 Å². The van der Waals surface area contributed by atoms with Gasteiger partial charge in [-0.25, -0.2) is 9.37 Å². The van der Waals surface area contributed by atoms with Gasteiger partial charge in [-0.15, -0.1) is 0 Å². The molecule has 1 aliphatic heterocycles. The van der Waals surface area contributed by atoms with E-state index in [0.717, 1.165) is 38.5 Å². The van der Waals surface area contributed by atoms with Crippen LogP contribution < -0.4 is 15.1 Å². The van der Waals surface area contributed by atoms with Crippen molar-refractivity contribution < 1.29 is 9.18 Å². The Bertz CT molecular complexity index is 1040. The van der Waals surface area contributed by atoms with Gasteiger partial charge in [-0.2, -0.15) is 0 Å². The van der Waals surface area contributed by atoms with Crippen molar-refractivity contribution in [3.8, 4) is 0 Å². The highest BCUT2D eigenvalue weighted by Crippen LogP contribution is 2.19. The van der Waals surface area contributed by atoms with Crippen molar-refractivity contribution >= 4 is 23.1 Å². The number of piperazine rings is 1. The summed E-state index contributed by atoms with van der Waals surface area (Å²) in [4.78, 5) is 23.6. The summed E-state index contributed by atoms with van der Waals surface area (Å²) in [6.07, 6.45) is 1.62. The lowest BCUT2D eigenvalue weighted by atomic mass is 10.1. The fraction of sp³-hybridized carbons (Fsp3) is 0.280. The summed E-state index contributed by atoms with van der Waals surface area (Å²) in [6.45, 7) is 4.65. The van der Waals surface area contributed by atoms with Crippen molar-refractivity contribution in [3.05, 3.63) is 83.8 Å². The number of benzene rings is 2. The summed E-state index contributed by atoms with van der Waals surface area (Å²) in [7, 11) is 4.09. The molecule has 1 aromatic heterocycles. The molecule has 1 N–H and O–H groups in total. The molecule has 0 radical (unpaired) electrons. The Morgan fingerprint density at radius 2 is 1.72 bits per heavy atom. The van der Waals surface area contributed by atoms with E-state index in [2.05, 4.69) is 49.3 Å². The third-order valence-corrected chi connectivity index (χ3v) is 5.68. The van der Waals surface area contributed by atoms with Crippen LogP contribution in [0.3, 0.4) is 0 Å². The maximum Gasteiger partial charge on any atom is 0.258 e. The van der Waals surface area contributed by atoms with Crippen molar-refractivity contribution in [1.29, 1.82) is 0 Å². The second kappa shape index (κ2) is 9.78. The zero-order chi connectivity index (χ0) is 22.5. The molecule has 2 aromatic carbocycles. The van der Waals surface area contributed by atoms with E-state index in [0.29, 0.717) is 5.69 Å². The topological polar surface area (TPSA) is 51.7 Å². The molecule has 1 amide bonds. The van der Waals surface area contributed by atoms with Crippen LogP contribution in [-0.4, -0.2) is 56.1 Å². The molecule has 1 aliphatic rings. The van der Waals surface area contributed by atoms with Gasteiger partial charge in [0.2, 0.25) is 0 Å². The van der Waals surface area contributed by atoms with Crippen LogP contribution in [0.25, 0.3) is 0 Å². The zero-order valence-electron chi connectivity index (χ0n) is 18.5. The van der Waals surface area contributed by atoms with Gasteiger partial charge < -0.3 is 15.1 Å². The standard InChI is InChI=1S/C25H28FN5O/c1-29(2)21-10-7-19(8-11-21)18-30-13-15-31(16-14-30)24-12-9-20(17-27-24)28-25(32)22-5-3-4-6-23(22)26/h3-12,17H,13-16,18H2,1-2H3,(H,28,32). The van der Waals surface area contributed by atoms with Crippen LogP contribution in [0.1, 0.15) is 15.9 Å². The molecule has 0 aliphatic carbocycles. The molecular weight excluding hydrogens is 405 g/mol. The van der Waals surface area contributed by atoms with Crippen molar-refractivity contribution in [3.63, 3.8) is 0 Å². The number of carbonyl (C=O) groups excluding carboxylic acids is 1. The van der Waals surface area contributed by atoms with Crippen LogP contribution in [0.2, 0.25) is 0 Å². The number of carbonyl (C=O) groups is 1. The van der Waals surface area contributed by atoms with Crippen LogP contribution >= 0.6 is 0 Å². The Morgan fingerprint density at radius 1 is 1.00 bits per heavy atom. The summed E-state index contributed by atoms with van der Waals surface area (Å²) in [6, 6.07) is 18.3. The monoisotopic (exact) mass is 433 g/mol. The largest absolute Gasteiger partial charge is 0.378 e. The number of anilines is 3. The van der Waals surface area contributed by atoms with Crippen LogP contribution in [0.4, 0.5) is 21.6 Å². The normalized spacial score (nSPS) is 14.3. The summed E-state index contributed by atoms with van der Waals surface area (Å²) in [5.41, 5.74) is 3.08. The Balaban J connectivity index is 1.29. The first-order valence-electron chi connectivity index (χ1n) is 10.7. The lowest BCUT2D eigenvalue weighted by Crippen LogP contribution is -2.46. The van der Waals surface area contributed by atoms with Gasteiger partial charge in [0, 0.05) is 52.5 Å². The van der Waals surface area contributed by atoms with Gasteiger partial charge in [-0.05, 0) is 42.0 Å². The summed E-state index contributed by atoms with van der Waals surface area (Å²) >= 11 is 0. The molecule has 32 heavy (non-hydrogen) atoms. The van der Waals surface area contributed by atoms with E-state index >= 15 is 0 Å². The third-order valence-electron chi connectivity index (χ3n) is 5.68. The van der Waals surface area contributed by atoms with Crippen molar-refractivity contribution in [2.24, 2.45) is 0 Å². The third kappa shape index (κ3) is 5.23. The van der Waals surface area contributed by atoms with E-state index in [1.807, 2.05) is 20.2 Å². The molecule has 0 saturated carbocycles. The molecule has 166 valence electrons. The van der Waals surface area contributed by atoms with E-state index in [-0.39, 0.29) is 5.56 Å². The Kier molecular flexibility index (Phi) is 6.66. The number of pyridine rings is 1. The molecular formula is C25H28FN5O. The molecule has 1 fully saturated rings. The molecule has 6 nitrogen and oxygen atoms in total. The van der Waals surface area contributed by atoms with Crippen LogP contribution in [-0.2, 0) is 6.54 Å². The number of rotatable bonds is 6. The number of nitrogens with one attached hydrogen (secondary N) is 1. The molecule has 3 aromatic rings. The summed E-state index contributed by atoms with van der Waals surface area (Å²) < 4.78 is 13.8. The average Bonchev–Trinajstić information content (AvgIpc) is 2.81. The highest BCUT2D eigenvalue weighted by molar-refractivity contribution is 6.04. The fourth-order valence-corrected chi connectivity index (χ4v) is 3.78. The summed E-state index contributed by atoms with van der Waals surface area (Å²) in [5.74, 6) is -0.144. The van der Waals surface area contributed by atoms with E-state index in [4.69, 9.17) is 0 Å². The average molecular weight is 434 g/mol. The second-order valence-electron chi connectivity index (χ2n) is 8.16. The first-order valence-corrected chi connectivity index (χ1v) is 10.7. The van der Waals surface area contributed by atoms with Gasteiger partial charge in [0.05, 0.1) is 17.4 Å². The molecule has 0 atom stereocenters. The quantitative estimate of drug-likeness (QED) is 0.640. The molecule has 1 saturated heterocycles. The Hall–Kier alpha value is -3.45. The van der Waals surface area contributed by atoms with Crippen LogP contribution in [0.5, 0.6) is 0 Å². The first-order chi connectivity index (χ1) is 15.5. The van der Waals surface area contributed by atoms with Crippen molar-refractivity contribution in [2.45, 2.75) is 6.54 Å². The SMILES string of the molecule is CN(C)c1ccc(CN2CCN(c3ccc(NC(=O)c4ccccc4F)cn3)CC2)cc1. The number of nitrogens with zero attached hydrogens (tertiary/aromatic N) is 4. The van der Waals surface area contributed by atoms with E-state index in [1.54, 1.807) is 24.4 Å². The Labute approximate surface area is 188 Å². The number of amides is 1. The van der Waals surface area contributed by atoms with Crippen molar-refractivity contribution in [2.75, 3.05) is 55.4 Å². The van der Waals surface area contributed by atoms with E-state index in [1.165, 1.54) is 23.4 Å². The fourth-order valence-electron chi connectivity index (χ4n) is 3.78. The van der Waals surface area contributed by atoms with Gasteiger partial charge in [-0.3, -0.25) is 9.69 Å². The van der Waals surface area contributed by atoms with E-state index < -0.39 is 11.7 Å². The van der Waals surface area contributed by atoms with Gasteiger partial charge in [0.25, 0.3) is 5.91 Å². The zero-order valence-corrected chi connectivity index (χ0v) is 18.5. The van der Waals surface area contributed by atoms with Gasteiger partial charge in [-0.1, -0.05) is 24.3 Å². The maximum absolute atomic E-state index is 13.8. The molecule has 7 heteroatoms. The minimum absolute atomic E-state index is 0.0176. The lowest BCUT2D eigenvalue weighted by Gasteiger charge is -2.35. The summed E-state index contributed by atoms with van der Waals surface area (Å²) in [5, 5.41) is 2.70. The second-order valence-corrected chi connectivity index (χ2v) is 8.16. The van der Waals surface area contributed by atoms with Gasteiger partial charge in [0.1, 0.15) is 11.6 Å². The highest BCUT2D eigenvalue weighted by atomic mass is 19.1. The minimum Gasteiger partial charge on any atom is -0.378 e.